The fraction of sp³-hybridized carbons (Fsp3) is 0.571. The number of hydrogen-bond donors (Lipinski definition) is 0. The quantitative estimate of drug-likeness (QED) is 0.240. The summed E-state index contributed by atoms with van der Waals surface area (Å²) in [5, 5.41) is 1.05. The average molecular weight is 347 g/mol. The van der Waals surface area contributed by atoms with Crippen molar-refractivity contribution in [2.24, 2.45) is 0 Å². The first-order valence-corrected chi connectivity index (χ1v) is 10.5. The van der Waals surface area contributed by atoms with E-state index in [4.69, 9.17) is 4.42 Å². The Hall–Kier alpha value is -1.22. The summed E-state index contributed by atoms with van der Waals surface area (Å²) >= 11 is 1.78. The van der Waals surface area contributed by atoms with Gasteiger partial charge in [-0.1, -0.05) is 82.9 Å². The van der Waals surface area contributed by atoms with E-state index in [-0.39, 0.29) is 5.63 Å². The SMILES string of the molecule is CCCCCCCCCCCCSc1cc(=O)oc2ccccc12. The molecular formula is C21H30O2S. The van der Waals surface area contributed by atoms with Gasteiger partial charge in [-0.05, 0) is 18.2 Å². The van der Waals surface area contributed by atoms with Gasteiger partial charge in [-0.15, -0.1) is 11.8 Å². The van der Waals surface area contributed by atoms with Crippen molar-refractivity contribution in [1.82, 2.24) is 0 Å². The number of fused-ring (bicyclic) bond motifs is 1. The second kappa shape index (κ2) is 11.4. The van der Waals surface area contributed by atoms with E-state index in [1.807, 2.05) is 24.3 Å². The van der Waals surface area contributed by atoms with Crippen LogP contribution in [0, 0.1) is 0 Å². The van der Waals surface area contributed by atoms with Crippen molar-refractivity contribution >= 4 is 22.7 Å². The van der Waals surface area contributed by atoms with Crippen LogP contribution in [-0.2, 0) is 0 Å². The van der Waals surface area contributed by atoms with Crippen molar-refractivity contribution in [2.75, 3.05) is 5.75 Å². The fourth-order valence-electron chi connectivity index (χ4n) is 2.97. The van der Waals surface area contributed by atoms with E-state index < -0.39 is 0 Å². The first-order valence-electron chi connectivity index (χ1n) is 9.47. The molecule has 0 unspecified atom stereocenters. The highest BCUT2D eigenvalue weighted by molar-refractivity contribution is 7.99. The van der Waals surface area contributed by atoms with Crippen LogP contribution in [0.1, 0.15) is 71.1 Å². The lowest BCUT2D eigenvalue weighted by molar-refractivity contribution is 0.557. The molecule has 132 valence electrons. The lowest BCUT2D eigenvalue weighted by Gasteiger charge is -2.05. The summed E-state index contributed by atoms with van der Waals surface area (Å²) in [6.07, 6.45) is 13.6. The highest BCUT2D eigenvalue weighted by Gasteiger charge is 2.05. The monoisotopic (exact) mass is 346 g/mol. The van der Waals surface area contributed by atoms with Crippen molar-refractivity contribution in [3.8, 4) is 0 Å². The molecule has 0 aliphatic heterocycles. The standard InChI is InChI=1S/C21H30O2S/c1-2-3-4-5-6-7-8-9-10-13-16-24-20-17-21(22)23-19-15-12-11-14-18(19)20/h11-12,14-15,17H,2-10,13,16H2,1H3. The van der Waals surface area contributed by atoms with Crippen LogP contribution in [0.15, 0.2) is 44.4 Å². The Labute approximate surface area is 150 Å². The maximum Gasteiger partial charge on any atom is 0.337 e. The molecule has 0 amide bonds. The van der Waals surface area contributed by atoms with E-state index in [1.54, 1.807) is 17.8 Å². The Bertz CT molecular complexity index is 648. The number of thioether (sulfide) groups is 1. The normalized spacial score (nSPS) is 11.2. The molecule has 2 nitrogen and oxygen atoms in total. The van der Waals surface area contributed by atoms with Gasteiger partial charge in [0.2, 0.25) is 0 Å². The number of unbranched alkanes of at least 4 members (excludes halogenated alkanes) is 9. The molecule has 2 rings (SSSR count). The van der Waals surface area contributed by atoms with Gasteiger partial charge in [0.1, 0.15) is 5.58 Å². The molecule has 0 N–H and O–H groups in total. The van der Waals surface area contributed by atoms with E-state index in [2.05, 4.69) is 6.92 Å². The third-order valence-corrected chi connectivity index (χ3v) is 5.51. The van der Waals surface area contributed by atoms with E-state index in [0.717, 1.165) is 16.0 Å². The highest BCUT2D eigenvalue weighted by atomic mass is 32.2. The summed E-state index contributed by atoms with van der Waals surface area (Å²) in [6, 6.07) is 9.42. The Morgan fingerprint density at radius 1 is 0.875 bits per heavy atom. The minimum Gasteiger partial charge on any atom is -0.423 e. The van der Waals surface area contributed by atoms with Gasteiger partial charge in [0.05, 0.1) is 0 Å². The van der Waals surface area contributed by atoms with Gasteiger partial charge in [0, 0.05) is 16.3 Å². The predicted molar refractivity (Wildman–Crippen MR) is 105 cm³/mol. The molecule has 0 aliphatic rings. The van der Waals surface area contributed by atoms with E-state index in [1.165, 1.54) is 64.2 Å². The van der Waals surface area contributed by atoms with Crippen molar-refractivity contribution in [2.45, 2.75) is 76.0 Å². The Morgan fingerprint density at radius 2 is 1.50 bits per heavy atom. The molecule has 3 heteroatoms. The van der Waals surface area contributed by atoms with Gasteiger partial charge in [0.25, 0.3) is 0 Å². The second-order valence-corrected chi connectivity index (χ2v) is 7.59. The van der Waals surface area contributed by atoms with Crippen LogP contribution in [-0.4, -0.2) is 5.75 Å². The lowest BCUT2D eigenvalue weighted by atomic mass is 10.1. The van der Waals surface area contributed by atoms with E-state index in [9.17, 15) is 4.79 Å². The molecule has 0 fully saturated rings. The summed E-state index contributed by atoms with van der Waals surface area (Å²) in [5.74, 6) is 1.07. The maximum atomic E-state index is 11.6. The van der Waals surface area contributed by atoms with Gasteiger partial charge < -0.3 is 4.42 Å². The van der Waals surface area contributed by atoms with Crippen LogP contribution in [0.25, 0.3) is 11.0 Å². The summed E-state index contributed by atoms with van der Waals surface area (Å²) in [5.41, 5.74) is 0.440. The van der Waals surface area contributed by atoms with Crippen molar-refractivity contribution in [3.63, 3.8) is 0 Å². The second-order valence-electron chi connectivity index (χ2n) is 6.46. The van der Waals surface area contributed by atoms with Gasteiger partial charge >= 0.3 is 5.63 Å². The molecule has 0 aliphatic carbocycles. The van der Waals surface area contributed by atoms with E-state index in [0.29, 0.717) is 5.58 Å². The van der Waals surface area contributed by atoms with Crippen molar-refractivity contribution < 1.29 is 4.42 Å². The van der Waals surface area contributed by atoms with Crippen LogP contribution in [0.5, 0.6) is 0 Å². The van der Waals surface area contributed by atoms with Gasteiger partial charge in [0.15, 0.2) is 0 Å². The molecule has 1 aromatic carbocycles. The van der Waals surface area contributed by atoms with Crippen molar-refractivity contribution in [3.05, 3.63) is 40.8 Å². The molecule has 1 aromatic heterocycles. The predicted octanol–water partition coefficient (Wildman–Crippen LogP) is 6.81. The average Bonchev–Trinajstić information content (AvgIpc) is 2.59. The molecule has 0 saturated heterocycles. The zero-order chi connectivity index (χ0) is 17.0. The van der Waals surface area contributed by atoms with Gasteiger partial charge in [-0.25, -0.2) is 4.79 Å². The van der Waals surface area contributed by atoms with Crippen LogP contribution < -0.4 is 5.63 Å². The fourth-order valence-corrected chi connectivity index (χ4v) is 4.04. The Morgan fingerprint density at radius 3 is 2.21 bits per heavy atom. The number of para-hydroxylation sites is 1. The highest BCUT2D eigenvalue weighted by Crippen LogP contribution is 2.27. The first-order chi connectivity index (χ1) is 11.8. The third-order valence-electron chi connectivity index (χ3n) is 4.37. The molecule has 2 aromatic rings. The minimum atomic E-state index is -0.251. The molecule has 24 heavy (non-hydrogen) atoms. The summed E-state index contributed by atoms with van der Waals surface area (Å²) in [4.78, 5) is 12.7. The van der Waals surface area contributed by atoms with Crippen LogP contribution in [0.3, 0.4) is 0 Å². The van der Waals surface area contributed by atoms with Crippen LogP contribution in [0.2, 0.25) is 0 Å². The number of hydrogen-bond acceptors (Lipinski definition) is 3. The van der Waals surface area contributed by atoms with Crippen molar-refractivity contribution in [1.29, 1.82) is 0 Å². The number of benzene rings is 1. The first kappa shape index (κ1) is 19.1. The number of rotatable bonds is 12. The summed E-state index contributed by atoms with van der Waals surface area (Å²) in [7, 11) is 0. The molecule has 0 atom stereocenters. The minimum absolute atomic E-state index is 0.251. The Balaban J connectivity index is 1.61. The molecule has 0 spiro atoms. The molecule has 0 saturated carbocycles. The lowest BCUT2D eigenvalue weighted by Crippen LogP contribution is -1.97. The van der Waals surface area contributed by atoms with E-state index >= 15 is 0 Å². The largest absolute Gasteiger partial charge is 0.423 e. The molecular weight excluding hydrogens is 316 g/mol. The van der Waals surface area contributed by atoms with Crippen LogP contribution in [0.4, 0.5) is 0 Å². The molecule has 0 bridgehead atoms. The Kier molecular flexibility index (Phi) is 9.04. The maximum absolute atomic E-state index is 11.6. The summed E-state index contributed by atoms with van der Waals surface area (Å²) < 4.78 is 5.24. The van der Waals surface area contributed by atoms with Crippen LogP contribution >= 0.6 is 11.8 Å². The molecule has 1 heterocycles. The van der Waals surface area contributed by atoms with Gasteiger partial charge in [-0.2, -0.15) is 0 Å². The zero-order valence-corrected chi connectivity index (χ0v) is 15.7. The topological polar surface area (TPSA) is 30.2 Å². The third kappa shape index (κ3) is 6.72. The molecule has 0 radical (unpaired) electrons. The van der Waals surface area contributed by atoms with Gasteiger partial charge in [-0.3, -0.25) is 0 Å². The zero-order valence-electron chi connectivity index (χ0n) is 14.9. The smallest absolute Gasteiger partial charge is 0.337 e. The summed E-state index contributed by atoms with van der Waals surface area (Å²) in [6.45, 7) is 2.27.